The van der Waals surface area contributed by atoms with Gasteiger partial charge in [-0.1, -0.05) is 6.07 Å². The SMILES string of the molecule is Cc1ccc(CNC(=O)c2csc(C3CCN(C(=O)COc4ccc(C)c(C)c4)CC3)n2)o1. The van der Waals surface area contributed by atoms with Gasteiger partial charge in [0.1, 0.15) is 23.0 Å². The van der Waals surface area contributed by atoms with Crippen molar-refractivity contribution in [2.45, 2.75) is 46.1 Å². The maximum atomic E-state index is 12.6. The molecule has 2 amide bonds. The van der Waals surface area contributed by atoms with E-state index in [-0.39, 0.29) is 24.3 Å². The fourth-order valence-corrected chi connectivity index (χ4v) is 4.80. The standard InChI is InChI=1S/C25H29N3O4S/c1-16-4-6-20(12-17(16)2)31-14-23(29)28-10-8-19(9-11-28)25-27-22(15-33-25)24(30)26-13-21-7-5-18(3)32-21/h4-7,12,15,19H,8-11,13-14H2,1-3H3,(H,26,30). The molecule has 1 aromatic carbocycles. The van der Waals surface area contributed by atoms with Crippen LogP contribution >= 0.6 is 11.3 Å². The molecule has 3 aromatic rings. The van der Waals surface area contributed by atoms with Gasteiger partial charge in [-0.25, -0.2) is 4.98 Å². The predicted molar refractivity (Wildman–Crippen MR) is 127 cm³/mol. The third-order valence-corrected chi connectivity index (χ3v) is 7.02. The number of rotatable bonds is 7. The number of carbonyl (C=O) groups is 2. The molecule has 0 atom stereocenters. The van der Waals surface area contributed by atoms with Gasteiger partial charge in [-0.3, -0.25) is 9.59 Å². The van der Waals surface area contributed by atoms with Gasteiger partial charge in [-0.05, 0) is 69.0 Å². The lowest BCUT2D eigenvalue weighted by Crippen LogP contribution is -2.40. The van der Waals surface area contributed by atoms with Gasteiger partial charge in [-0.15, -0.1) is 11.3 Å². The number of likely N-dealkylation sites (tertiary alicyclic amines) is 1. The molecule has 1 aliphatic rings. The van der Waals surface area contributed by atoms with Crippen LogP contribution < -0.4 is 10.1 Å². The zero-order valence-electron chi connectivity index (χ0n) is 19.2. The minimum absolute atomic E-state index is 0.000883. The number of hydrogen-bond acceptors (Lipinski definition) is 6. The van der Waals surface area contributed by atoms with E-state index in [1.165, 1.54) is 16.9 Å². The second-order valence-electron chi connectivity index (χ2n) is 8.46. The van der Waals surface area contributed by atoms with Gasteiger partial charge in [0.05, 0.1) is 11.6 Å². The Balaban J connectivity index is 1.24. The zero-order chi connectivity index (χ0) is 23.4. The van der Waals surface area contributed by atoms with E-state index in [0.717, 1.165) is 40.7 Å². The van der Waals surface area contributed by atoms with Crippen molar-refractivity contribution in [3.63, 3.8) is 0 Å². The van der Waals surface area contributed by atoms with Gasteiger partial charge >= 0.3 is 0 Å². The molecule has 3 heterocycles. The van der Waals surface area contributed by atoms with Crippen molar-refractivity contribution in [1.82, 2.24) is 15.2 Å². The van der Waals surface area contributed by atoms with Gasteiger partial charge in [0.25, 0.3) is 11.8 Å². The summed E-state index contributed by atoms with van der Waals surface area (Å²) < 4.78 is 11.2. The molecular weight excluding hydrogens is 438 g/mol. The Morgan fingerprint density at radius 1 is 1.15 bits per heavy atom. The van der Waals surface area contributed by atoms with Crippen molar-refractivity contribution in [2.75, 3.05) is 19.7 Å². The molecule has 0 bridgehead atoms. The Bertz CT molecular complexity index is 1130. The molecule has 1 aliphatic heterocycles. The van der Waals surface area contributed by atoms with E-state index < -0.39 is 0 Å². The van der Waals surface area contributed by atoms with Gasteiger partial charge in [0.15, 0.2) is 6.61 Å². The molecule has 1 N–H and O–H groups in total. The molecular formula is C25H29N3O4S. The number of benzene rings is 1. The number of nitrogens with zero attached hydrogens (tertiary/aromatic N) is 2. The Morgan fingerprint density at radius 3 is 2.64 bits per heavy atom. The van der Waals surface area contributed by atoms with Crippen molar-refractivity contribution in [1.29, 1.82) is 0 Å². The minimum atomic E-state index is -0.206. The maximum Gasteiger partial charge on any atom is 0.271 e. The van der Waals surface area contributed by atoms with E-state index in [9.17, 15) is 9.59 Å². The van der Waals surface area contributed by atoms with E-state index in [0.29, 0.717) is 25.3 Å². The summed E-state index contributed by atoms with van der Waals surface area (Å²) in [5, 5.41) is 5.60. The lowest BCUT2D eigenvalue weighted by Gasteiger charge is -2.31. The zero-order valence-corrected chi connectivity index (χ0v) is 20.0. The summed E-state index contributed by atoms with van der Waals surface area (Å²) in [5.74, 6) is 2.31. The number of aryl methyl sites for hydroxylation is 3. The summed E-state index contributed by atoms with van der Waals surface area (Å²) >= 11 is 1.51. The fourth-order valence-electron chi connectivity index (χ4n) is 3.83. The fraction of sp³-hybridized carbons (Fsp3) is 0.400. The normalized spacial score (nSPS) is 14.3. The number of nitrogens with one attached hydrogen (secondary N) is 1. The highest BCUT2D eigenvalue weighted by Gasteiger charge is 2.26. The molecule has 0 aliphatic carbocycles. The summed E-state index contributed by atoms with van der Waals surface area (Å²) in [4.78, 5) is 31.4. The third kappa shape index (κ3) is 5.82. The highest BCUT2D eigenvalue weighted by atomic mass is 32.1. The molecule has 1 saturated heterocycles. The van der Waals surface area contributed by atoms with E-state index in [1.807, 2.05) is 56.0 Å². The molecule has 0 unspecified atom stereocenters. The summed E-state index contributed by atoms with van der Waals surface area (Å²) in [6, 6.07) is 9.58. The average Bonchev–Trinajstić information content (AvgIpc) is 3.47. The molecule has 8 heteroatoms. The molecule has 4 rings (SSSR count). The molecule has 174 valence electrons. The lowest BCUT2D eigenvalue weighted by atomic mass is 9.97. The number of carbonyl (C=O) groups excluding carboxylic acids is 2. The Kier molecular flexibility index (Phi) is 7.13. The molecule has 0 spiro atoms. The first-order valence-electron chi connectivity index (χ1n) is 11.2. The van der Waals surface area contributed by atoms with Crippen LogP contribution in [-0.4, -0.2) is 41.4 Å². The van der Waals surface area contributed by atoms with Crippen LogP contribution in [0.4, 0.5) is 0 Å². The number of hydrogen-bond donors (Lipinski definition) is 1. The second kappa shape index (κ2) is 10.2. The first-order valence-corrected chi connectivity index (χ1v) is 12.0. The Morgan fingerprint density at radius 2 is 1.94 bits per heavy atom. The van der Waals surface area contributed by atoms with Crippen molar-refractivity contribution >= 4 is 23.2 Å². The summed E-state index contributed by atoms with van der Waals surface area (Å²) in [6.45, 7) is 7.66. The first kappa shape index (κ1) is 23.0. The molecule has 0 saturated carbocycles. The minimum Gasteiger partial charge on any atom is -0.484 e. The van der Waals surface area contributed by atoms with Crippen LogP contribution in [0.3, 0.4) is 0 Å². The largest absolute Gasteiger partial charge is 0.484 e. The molecule has 7 nitrogen and oxygen atoms in total. The van der Waals surface area contributed by atoms with E-state index in [4.69, 9.17) is 9.15 Å². The van der Waals surface area contributed by atoms with Crippen molar-refractivity contribution in [2.24, 2.45) is 0 Å². The second-order valence-corrected chi connectivity index (χ2v) is 9.35. The molecule has 1 fully saturated rings. The van der Waals surface area contributed by atoms with Gasteiger partial charge in [-0.2, -0.15) is 0 Å². The topological polar surface area (TPSA) is 84.7 Å². The van der Waals surface area contributed by atoms with Gasteiger partial charge in [0, 0.05) is 24.4 Å². The summed E-state index contributed by atoms with van der Waals surface area (Å²) in [6.07, 6.45) is 1.66. The highest BCUT2D eigenvalue weighted by molar-refractivity contribution is 7.09. The Hall–Kier alpha value is -3.13. The average molecular weight is 468 g/mol. The predicted octanol–water partition coefficient (Wildman–Crippen LogP) is 4.38. The van der Waals surface area contributed by atoms with Crippen LogP contribution in [0.2, 0.25) is 0 Å². The maximum absolute atomic E-state index is 12.6. The number of furan rings is 1. The molecule has 0 radical (unpaired) electrons. The molecule has 33 heavy (non-hydrogen) atoms. The van der Waals surface area contributed by atoms with Crippen LogP contribution in [0, 0.1) is 20.8 Å². The van der Waals surface area contributed by atoms with E-state index in [1.54, 1.807) is 5.38 Å². The number of ether oxygens (including phenoxy) is 1. The van der Waals surface area contributed by atoms with Crippen LogP contribution in [0.25, 0.3) is 0 Å². The monoisotopic (exact) mass is 467 g/mol. The van der Waals surface area contributed by atoms with Crippen molar-refractivity contribution in [3.8, 4) is 5.75 Å². The van der Waals surface area contributed by atoms with Crippen LogP contribution in [0.5, 0.6) is 5.75 Å². The summed E-state index contributed by atoms with van der Waals surface area (Å²) in [7, 11) is 0. The van der Waals surface area contributed by atoms with Crippen molar-refractivity contribution < 1.29 is 18.7 Å². The quantitative estimate of drug-likeness (QED) is 0.558. The number of piperidine rings is 1. The van der Waals surface area contributed by atoms with Crippen LogP contribution in [0.1, 0.15) is 56.9 Å². The van der Waals surface area contributed by atoms with E-state index >= 15 is 0 Å². The van der Waals surface area contributed by atoms with E-state index in [2.05, 4.69) is 10.3 Å². The van der Waals surface area contributed by atoms with Crippen molar-refractivity contribution in [3.05, 3.63) is 69.1 Å². The van der Waals surface area contributed by atoms with Gasteiger partial charge in [0.2, 0.25) is 0 Å². The number of aromatic nitrogens is 1. The van der Waals surface area contributed by atoms with Crippen LogP contribution in [-0.2, 0) is 11.3 Å². The number of thiazole rings is 1. The smallest absolute Gasteiger partial charge is 0.271 e. The first-order chi connectivity index (χ1) is 15.9. The number of amides is 2. The van der Waals surface area contributed by atoms with Crippen LogP contribution in [0.15, 0.2) is 40.1 Å². The Labute approximate surface area is 197 Å². The lowest BCUT2D eigenvalue weighted by molar-refractivity contribution is -0.134. The van der Waals surface area contributed by atoms with Gasteiger partial charge < -0.3 is 19.4 Å². The highest BCUT2D eigenvalue weighted by Crippen LogP contribution is 2.30. The summed E-state index contributed by atoms with van der Waals surface area (Å²) in [5.41, 5.74) is 2.78. The molecule has 2 aromatic heterocycles. The third-order valence-electron chi connectivity index (χ3n) is 6.01.